The molecule has 2 rings (SSSR count). The van der Waals surface area contributed by atoms with Crippen LogP contribution in [0.4, 0.5) is 0 Å². The van der Waals surface area contributed by atoms with Crippen molar-refractivity contribution in [2.24, 2.45) is 0 Å². The first-order chi connectivity index (χ1) is 8.19. The third kappa shape index (κ3) is 3.14. The van der Waals surface area contributed by atoms with Crippen molar-refractivity contribution in [2.45, 2.75) is 24.8 Å². The number of hydrogen-bond acceptors (Lipinski definition) is 5. The van der Waals surface area contributed by atoms with Gasteiger partial charge in [-0.3, -0.25) is 0 Å². The minimum absolute atomic E-state index is 0.825. The summed E-state index contributed by atoms with van der Waals surface area (Å²) in [4.78, 5) is 14.2. The van der Waals surface area contributed by atoms with E-state index in [-0.39, 0.29) is 0 Å². The lowest BCUT2D eigenvalue weighted by atomic mass is 10.4. The summed E-state index contributed by atoms with van der Waals surface area (Å²) in [6, 6.07) is 1.98. The maximum atomic E-state index is 4.40. The van der Waals surface area contributed by atoms with E-state index >= 15 is 0 Å². The van der Waals surface area contributed by atoms with Gasteiger partial charge in [0.2, 0.25) is 0 Å². The Labute approximate surface area is 109 Å². The largest absolute Gasteiger partial charge is 0.245 e. The van der Waals surface area contributed by atoms with Gasteiger partial charge in [-0.05, 0) is 26.0 Å². The zero-order chi connectivity index (χ0) is 12.3. The molecule has 0 aromatic carbocycles. The molecule has 0 atom stereocenters. The molecule has 3 nitrogen and oxygen atoms in total. The molecule has 2 aromatic heterocycles. The number of aromatic nitrogens is 3. The van der Waals surface area contributed by atoms with Gasteiger partial charge >= 0.3 is 0 Å². The van der Waals surface area contributed by atoms with Gasteiger partial charge in [-0.1, -0.05) is 18.3 Å². The summed E-state index contributed by atoms with van der Waals surface area (Å²) >= 11 is 3.28. The first-order valence-corrected chi connectivity index (χ1v) is 7.05. The van der Waals surface area contributed by atoms with Crippen LogP contribution < -0.4 is 0 Å². The van der Waals surface area contributed by atoms with Crippen molar-refractivity contribution in [3.63, 3.8) is 0 Å². The van der Waals surface area contributed by atoms with E-state index in [1.807, 2.05) is 25.4 Å². The van der Waals surface area contributed by atoms with Gasteiger partial charge < -0.3 is 0 Å². The lowest BCUT2D eigenvalue weighted by Gasteiger charge is -2.02. The molecule has 0 radical (unpaired) electrons. The van der Waals surface area contributed by atoms with Crippen LogP contribution in [0.2, 0.25) is 0 Å². The van der Waals surface area contributed by atoms with E-state index in [1.54, 1.807) is 29.2 Å². The fourth-order valence-corrected chi connectivity index (χ4v) is 3.27. The average molecular weight is 263 g/mol. The summed E-state index contributed by atoms with van der Waals surface area (Å²) in [7, 11) is 0. The highest BCUT2D eigenvalue weighted by Gasteiger charge is 2.06. The molecule has 0 saturated heterocycles. The highest BCUT2D eigenvalue weighted by Crippen LogP contribution is 2.25. The van der Waals surface area contributed by atoms with Crippen LogP contribution in [-0.4, -0.2) is 15.0 Å². The van der Waals surface area contributed by atoms with Crippen molar-refractivity contribution in [2.75, 3.05) is 0 Å². The minimum Gasteiger partial charge on any atom is -0.245 e. The van der Waals surface area contributed by atoms with Crippen LogP contribution in [0.3, 0.4) is 0 Å². The van der Waals surface area contributed by atoms with Gasteiger partial charge in [-0.15, -0.1) is 11.3 Å². The molecule has 88 valence electrons. The standard InChI is InChI=1S/C12H13N3S2/c1-4-10-11(17-7-13-10)6-16-12-14-8(2)5-9(3)15-12/h4-5,7H,1,6H2,2-3H3. The first-order valence-electron chi connectivity index (χ1n) is 5.19. The van der Waals surface area contributed by atoms with Crippen LogP contribution >= 0.6 is 23.1 Å². The lowest BCUT2D eigenvalue weighted by Crippen LogP contribution is -1.93. The number of hydrogen-bond donors (Lipinski definition) is 0. The summed E-state index contributed by atoms with van der Waals surface area (Å²) in [6.45, 7) is 7.72. The fourth-order valence-electron chi connectivity index (χ4n) is 1.44. The quantitative estimate of drug-likeness (QED) is 0.625. The Balaban J connectivity index is 2.09. The molecule has 0 saturated carbocycles. The van der Waals surface area contributed by atoms with Gasteiger partial charge in [0.25, 0.3) is 0 Å². The molecule has 17 heavy (non-hydrogen) atoms. The third-order valence-electron chi connectivity index (χ3n) is 2.16. The summed E-state index contributed by atoms with van der Waals surface area (Å²) in [6.07, 6.45) is 1.79. The van der Waals surface area contributed by atoms with Crippen LogP contribution in [-0.2, 0) is 5.75 Å². The highest BCUT2D eigenvalue weighted by molar-refractivity contribution is 7.98. The van der Waals surface area contributed by atoms with Gasteiger partial charge in [0, 0.05) is 22.0 Å². The average Bonchev–Trinajstić information content (AvgIpc) is 2.72. The molecule has 0 amide bonds. The smallest absolute Gasteiger partial charge is 0.188 e. The van der Waals surface area contributed by atoms with Crippen LogP contribution in [0.5, 0.6) is 0 Å². The number of rotatable bonds is 4. The van der Waals surface area contributed by atoms with Gasteiger partial charge in [-0.2, -0.15) is 0 Å². The van der Waals surface area contributed by atoms with Crippen LogP contribution in [0.25, 0.3) is 6.08 Å². The molecular weight excluding hydrogens is 250 g/mol. The maximum Gasteiger partial charge on any atom is 0.188 e. The molecular formula is C12H13N3S2. The normalized spacial score (nSPS) is 10.5. The molecule has 0 aliphatic carbocycles. The Hall–Kier alpha value is -1.20. The molecule has 0 N–H and O–H groups in total. The molecule has 5 heteroatoms. The second kappa shape index (κ2) is 5.42. The van der Waals surface area contributed by atoms with Gasteiger partial charge in [-0.25, -0.2) is 15.0 Å². The van der Waals surface area contributed by atoms with Crippen molar-refractivity contribution < 1.29 is 0 Å². The second-order valence-electron chi connectivity index (χ2n) is 3.59. The Kier molecular flexibility index (Phi) is 3.91. The molecule has 0 bridgehead atoms. The van der Waals surface area contributed by atoms with E-state index in [4.69, 9.17) is 0 Å². The zero-order valence-corrected chi connectivity index (χ0v) is 11.4. The van der Waals surface area contributed by atoms with E-state index in [0.717, 1.165) is 28.0 Å². The first kappa shape index (κ1) is 12.3. The topological polar surface area (TPSA) is 38.7 Å². The molecule has 0 fully saturated rings. The second-order valence-corrected chi connectivity index (χ2v) is 5.47. The van der Waals surface area contributed by atoms with E-state index in [1.165, 1.54) is 4.88 Å². The van der Waals surface area contributed by atoms with Crippen molar-refractivity contribution in [3.8, 4) is 0 Å². The summed E-state index contributed by atoms with van der Waals surface area (Å²) in [5.41, 5.74) is 4.82. The summed E-state index contributed by atoms with van der Waals surface area (Å²) in [5, 5.41) is 0.825. The monoisotopic (exact) mass is 263 g/mol. The Bertz CT molecular complexity index is 514. The highest BCUT2D eigenvalue weighted by atomic mass is 32.2. The molecule has 2 aromatic rings. The van der Waals surface area contributed by atoms with E-state index < -0.39 is 0 Å². The Morgan fingerprint density at radius 2 is 2.06 bits per heavy atom. The third-order valence-corrected chi connectivity index (χ3v) is 4.07. The van der Waals surface area contributed by atoms with Crippen molar-refractivity contribution in [3.05, 3.63) is 40.1 Å². The minimum atomic E-state index is 0.825. The SMILES string of the molecule is C=Cc1ncsc1CSc1nc(C)cc(C)n1. The maximum absolute atomic E-state index is 4.40. The van der Waals surface area contributed by atoms with Crippen molar-refractivity contribution in [1.82, 2.24) is 15.0 Å². The van der Waals surface area contributed by atoms with Crippen LogP contribution in [0.15, 0.2) is 23.3 Å². The van der Waals surface area contributed by atoms with E-state index in [9.17, 15) is 0 Å². The number of nitrogens with zero attached hydrogens (tertiary/aromatic N) is 3. The van der Waals surface area contributed by atoms with E-state index in [2.05, 4.69) is 21.5 Å². The number of thiazole rings is 1. The van der Waals surface area contributed by atoms with Crippen molar-refractivity contribution >= 4 is 29.2 Å². The Morgan fingerprint density at radius 3 is 2.71 bits per heavy atom. The van der Waals surface area contributed by atoms with Crippen molar-refractivity contribution in [1.29, 1.82) is 0 Å². The van der Waals surface area contributed by atoms with E-state index in [0.29, 0.717) is 0 Å². The molecule has 0 aliphatic heterocycles. The van der Waals surface area contributed by atoms with Crippen LogP contribution in [0, 0.1) is 13.8 Å². The van der Waals surface area contributed by atoms with Gasteiger partial charge in [0.15, 0.2) is 5.16 Å². The fraction of sp³-hybridized carbons (Fsp3) is 0.250. The molecule has 0 aliphatic rings. The Morgan fingerprint density at radius 1 is 1.35 bits per heavy atom. The predicted octanol–water partition coefficient (Wildman–Crippen LogP) is 3.49. The molecule has 0 unspecified atom stereocenters. The van der Waals surface area contributed by atoms with Crippen LogP contribution in [0.1, 0.15) is 22.0 Å². The molecule has 2 heterocycles. The molecule has 0 spiro atoms. The zero-order valence-electron chi connectivity index (χ0n) is 9.80. The van der Waals surface area contributed by atoms with Gasteiger partial charge in [0.1, 0.15) is 0 Å². The number of thioether (sulfide) groups is 1. The number of aryl methyl sites for hydroxylation is 2. The lowest BCUT2D eigenvalue weighted by molar-refractivity contribution is 0.902. The summed E-state index contributed by atoms with van der Waals surface area (Å²) in [5.74, 6) is 0.842. The van der Waals surface area contributed by atoms with Gasteiger partial charge in [0.05, 0.1) is 11.2 Å². The summed E-state index contributed by atoms with van der Waals surface area (Å²) < 4.78 is 0. The predicted molar refractivity (Wildman–Crippen MR) is 73.3 cm³/mol.